The van der Waals surface area contributed by atoms with Gasteiger partial charge in [0.05, 0.1) is 5.69 Å². The molecule has 1 aromatic heterocycles. The SMILES string of the molecule is C=C(C)CN1CCN(C(=O)c2cc(C3CC3)nn2C)CC1. The lowest BCUT2D eigenvalue weighted by Gasteiger charge is -2.34. The Morgan fingerprint density at radius 2 is 2.00 bits per heavy atom. The largest absolute Gasteiger partial charge is 0.335 e. The first-order valence-electron chi connectivity index (χ1n) is 7.74. The number of amides is 1. The van der Waals surface area contributed by atoms with Gasteiger partial charge < -0.3 is 4.90 Å². The third kappa shape index (κ3) is 3.18. The van der Waals surface area contributed by atoms with Gasteiger partial charge in [-0.25, -0.2) is 0 Å². The molecular weight excluding hydrogens is 264 g/mol. The number of hydrogen-bond acceptors (Lipinski definition) is 3. The van der Waals surface area contributed by atoms with Crippen LogP contribution in [0.4, 0.5) is 0 Å². The number of nitrogens with zero attached hydrogens (tertiary/aromatic N) is 4. The maximum Gasteiger partial charge on any atom is 0.272 e. The Kier molecular flexibility index (Phi) is 3.85. The number of rotatable bonds is 4. The molecule has 5 heteroatoms. The van der Waals surface area contributed by atoms with Crippen molar-refractivity contribution in [2.75, 3.05) is 32.7 Å². The molecule has 2 heterocycles. The maximum atomic E-state index is 12.6. The van der Waals surface area contributed by atoms with Crippen LogP contribution in [0.3, 0.4) is 0 Å². The van der Waals surface area contributed by atoms with Gasteiger partial charge in [0.2, 0.25) is 0 Å². The minimum absolute atomic E-state index is 0.117. The molecule has 0 bridgehead atoms. The molecule has 1 aliphatic heterocycles. The van der Waals surface area contributed by atoms with Crippen molar-refractivity contribution in [1.82, 2.24) is 19.6 Å². The molecule has 0 N–H and O–H groups in total. The molecular formula is C16H24N4O. The highest BCUT2D eigenvalue weighted by Crippen LogP contribution is 2.39. The van der Waals surface area contributed by atoms with E-state index in [4.69, 9.17) is 0 Å². The molecule has 0 spiro atoms. The van der Waals surface area contributed by atoms with E-state index < -0.39 is 0 Å². The molecule has 1 aromatic rings. The molecule has 1 amide bonds. The summed E-state index contributed by atoms with van der Waals surface area (Å²) in [4.78, 5) is 16.9. The third-order valence-corrected chi connectivity index (χ3v) is 4.27. The molecule has 2 fully saturated rings. The van der Waals surface area contributed by atoms with E-state index in [1.807, 2.05) is 24.9 Å². The maximum absolute atomic E-state index is 12.6. The zero-order chi connectivity index (χ0) is 15.0. The van der Waals surface area contributed by atoms with Gasteiger partial charge in [0.1, 0.15) is 5.69 Å². The first kappa shape index (κ1) is 14.3. The Labute approximate surface area is 126 Å². The van der Waals surface area contributed by atoms with Crippen molar-refractivity contribution in [3.05, 3.63) is 29.6 Å². The zero-order valence-electron chi connectivity index (χ0n) is 13.0. The Morgan fingerprint density at radius 3 is 2.57 bits per heavy atom. The fourth-order valence-corrected chi connectivity index (χ4v) is 2.92. The molecule has 114 valence electrons. The van der Waals surface area contributed by atoms with Crippen LogP contribution in [0.25, 0.3) is 0 Å². The van der Waals surface area contributed by atoms with Crippen molar-refractivity contribution < 1.29 is 4.79 Å². The number of carbonyl (C=O) groups is 1. The molecule has 0 aromatic carbocycles. The van der Waals surface area contributed by atoms with E-state index in [0.717, 1.165) is 44.1 Å². The average molecular weight is 288 g/mol. The smallest absolute Gasteiger partial charge is 0.272 e. The van der Waals surface area contributed by atoms with Crippen molar-refractivity contribution in [2.24, 2.45) is 7.05 Å². The minimum atomic E-state index is 0.117. The summed E-state index contributed by atoms with van der Waals surface area (Å²) in [6.45, 7) is 10.4. The van der Waals surface area contributed by atoms with E-state index in [1.54, 1.807) is 4.68 Å². The van der Waals surface area contributed by atoms with Gasteiger partial charge in [-0.2, -0.15) is 5.10 Å². The molecule has 1 aliphatic carbocycles. The predicted octanol–water partition coefficient (Wildman–Crippen LogP) is 1.63. The predicted molar refractivity (Wildman–Crippen MR) is 82.3 cm³/mol. The second-order valence-electron chi connectivity index (χ2n) is 6.38. The van der Waals surface area contributed by atoms with Gasteiger partial charge in [0, 0.05) is 45.7 Å². The van der Waals surface area contributed by atoms with Crippen molar-refractivity contribution in [3.63, 3.8) is 0 Å². The van der Waals surface area contributed by atoms with E-state index in [0.29, 0.717) is 5.92 Å². The van der Waals surface area contributed by atoms with Gasteiger partial charge in [-0.05, 0) is 25.8 Å². The van der Waals surface area contributed by atoms with Crippen LogP contribution in [0, 0.1) is 0 Å². The summed E-state index contributed by atoms with van der Waals surface area (Å²) in [5, 5.41) is 4.49. The highest BCUT2D eigenvalue weighted by Gasteiger charge is 2.30. The summed E-state index contributed by atoms with van der Waals surface area (Å²) >= 11 is 0. The second kappa shape index (κ2) is 5.64. The average Bonchev–Trinajstić information content (AvgIpc) is 3.22. The van der Waals surface area contributed by atoms with Gasteiger partial charge >= 0.3 is 0 Å². The van der Waals surface area contributed by atoms with Gasteiger partial charge in [-0.1, -0.05) is 12.2 Å². The molecule has 0 atom stereocenters. The first-order valence-corrected chi connectivity index (χ1v) is 7.74. The van der Waals surface area contributed by atoms with Gasteiger partial charge in [-0.15, -0.1) is 0 Å². The third-order valence-electron chi connectivity index (χ3n) is 4.27. The summed E-state index contributed by atoms with van der Waals surface area (Å²) in [5.74, 6) is 0.706. The quantitative estimate of drug-likeness (QED) is 0.791. The van der Waals surface area contributed by atoms with Crippen molar-refractivity contribution in [2.45, 2.75) is 25.7 Å². The fraction of sp³-hybridized carbons (Fsp3) is 0.625. The van der Waals surface area contributed by atoms with Crippen LogP contribution in [-0.2, 0) is 7.05 Å². The monoisotopic (exact) mass is 288 g/mol. The van der Waals surface area contributed by atoms with Crippen LogP contribution in [0.2, 0.25) is 0 Å². The number of hydrogen-bond donors (Lipinski definition) is 0. The number of aromatic nitrogens is 2. The minimum Gasteiger partial charge on any atom is -0.335 e. The van der Waals surface area contributed by atoms with Crippen molar-refractivity contribution >= 4 is 5.91 Å². The summed E-state index contributed by atoms with van der Waals surface area (Å²) < 4.78 is 1.75. The Morgan fingerprint density at radius 1 is 1.33 bits per heavy atom. The number of aryl methyl sites for hydroxylation is 1. The standard InChI is InChI=1S/C16H24N4O/c1-12(2)11-19-6-8-20(9-7-19)16(21)15-10-14(13-4-5-13)17-18(15)3/h10,13H,1,4-9,11H2,2-3H3. The summed E-state index contributed by atoms with van der Waals surface area (Å²) in [6, 6.07) is 1.99. The molecule has 0 unspecified atom stereocenters. The van der Waals surface area contributed by atoms with Crippen molar-refractivity contribution in [1.29, 1.82) is 0 Å². The summed E-state index contributed by atoms with van der Waals surface area (Å²) in [5.41, 5.74) is 2.99. The van der Waals surface area contributed by atoms with Crippen LogP contribution >= 0.6 is 0 Å². The van der Waals surface area contributed by atoms with Crippen LogP contribution in [0.15, 0.2) is 18.2 Å². The molecule has 5 nitrogen and oxygen atoms in total. The normalized spacial score (nSPS) is 19.8. The molecule has 21 heavy (non-hydrogen) atoms. The zero-order valence-corrected chi connectivity index (χ0v) is 13.0. The highest BCUT2D eigenvalue weighted by atomic mass is 16.2. The van der Waals surface area contributed by atoms with E-state index in [2.05, 4.69) is 16.6 Å². The number of piperazine rings is 1. The van der Waals surface area contributed by atoms with E-state index >= 15 is 0 Å². The topological polar surface area (TPSA) is 41.4 Å². The van der Waals surface area contributed by atoms with Crippen LogP contribution in [0.5, 0.6) is 0 Å². The first-order chi connectivity index (χ1) is 10.0. The Balaban J connectivity index is 1.62. The molecule has 1 saturated carbocycles. The lowest BCUT2D eigenvalue weighted by Crippen LogP contribution is -2.49. The Hall–Kier alpha value is -1.62. The van der Waals surface area contributed by atoms with E-state index in [1.165, 1.54) is 18.4 Å². The molecule has 0 radical (unpaired) electrons. The van der Waals surface area contributed by atoms with E-state index in [9.17, 15) is 4.79 Å². The van der Waals surface area contributed by atoms with E-state index in [-0.39, 0.29) is 5.91 Å². The highest BCUT2D eigenvalue weighted by molar-refractivity contribution is 5.92. The Bertz CT molecular complexity index is 551. The lowest BCUT2D eigenvalue weighted by molar-refractivity contribution is 0.0637. The van der Waals surface area contributed by atoms with Gasteiger partial charge in [0.25, 0.3) is 5.91 Å². The van der Waals surface area contributed by atoms with Gasteiger partial charge in [0.15, 0.2) is 0 Å². The second-order valence-corrected chi connectivity index (χ2v) is 6.38. The van der Waals surface area contributed by atoms with Gasteiger partial charge in [-0.3, -0.25) is 14.4 Å². The molecule has 1 saturated heterocycles. The lowest BCUT2D eigenvalue weighted by atomic mass is 10.2. The summed E-state index contributed by atoms with van der Waals surface area (Å²) in [7, 11) is 1.87. The number of carbonyl (C=O) groups excluding carboxylic acids is 1. The van der Waals surface area contributed by atoms with Crippen LogP contribution < -0.4 is 0 Å². The molecule has 3 rings (SSSR count). The fourth-order valence-electron chi connectivity index (χ4n) is 2.92. The summed E-state index contributed by atoms with van der Waals surface area (Å²) in [6.07, 6.45) is 2.43. The van der Waals surface area contributed by atoms with Crippen molar-refractivity contribution in [3.8, 4) is 0 Å². The van der Waals surface area contributed by atoms with Crippen LogP contribution in [-0.4, -0.2) is 58.2 Å². The van der Waals surface area contributed by atoms with Crippen LogP contribution in [0.1, 0.15) is 41.9 Å². The molecule has 2 aliphatic rings.